The topological polar surface area (TPSA) is 50.5 Å². The molecule has 0 radical (unpaired) electrons. The van der Waals surface area contributed by atoms with Gasteiger partial charge in [0.1, 0.15) is 5.82 Å². The van der Waals surface area contributed by atoms with E-state index in [1.54, 1.807) is 24.4 Å². The van der Waals surface area contributed by atoms with Crippen LogP contribution in [0.15, 0.2) is 42.7 Å². The molecule has 6 heteroatoms. The smallest absolute Gasteiger partial charge is 0.128 e. The second-order valence-electron chi connectivity index (χ2n) is 6.63. The van der Waals surface area contributed by atoms with Gasteiger partial charge < -0.3 is 9.84 Å². The van der Waals surface area contributed by atoms with Gasteiger partial charge in [-0.1, -0.05) is 24.6 Å². The highest BCUT2D eigenvalue weighted by molar-refractivity contribution is 5.16. The zero-order valence-corrected chi connectivity index (χ0v) is 14.4. The molecule has 136 valence electrons. The summed E-state index contributed by atoms with van der Waals surface area (Å²) in [7, 11) is 0. The Balaban J connectivity index is 1.45. The number of likely N-dealkylation sites (tertiary alicyclic amines) is 1. The Morgan fingerprint density at radius 1 is 1.28 bits per heavy atom. The summed E-state index contributed by atoms with van der Waals surface area (Å²) in [4.78, 5) is 2.32. The number of halogens is 1. The molecule has 25 heavy (non-hydrogen) atoms. The summed E-state index contributed by atoms with van der Waals surface area (Å²) < 4.78 is 21.0. The number of hydrogen-bond donors (Lipinski definition) is 1. The highest BCUT2D eigenvalue weighted by Crippen LogP contribution is 2.19. The standard InChI is InChI=1S/C19H26FN3O2/c20-19-8-2-1-6-16(19)14-25-15-18(24)13-22-10-4-3-7-17(22)12-23-11-5-9-21-23/h1-2,5-6,8-9,11,17-18,24H,3-4,7,10,12-15H2/t17-,18-/m1/s1. The zero-order chi connectivity index (χ0) is 17.5. The fraction of sp³-hybridized carbons (Fsp3) is 0.526. The molecule has 2 heterocycles. The summed E-state index contributed by atoms with van der Waals surface area (Å²) in [5, 5.41) is 14.6. The van der Waals surface area contributed by atoms with Crippen molar-refractivity contribution in [3.05, 3.63) is 54.1 Å². The van der Waals surface area contributed by atoms with E-state index >= 15 is 0 Å². The van der Waals surface area contributed by atoms with E-state index < -0.39 is 6.10 Å². The van der Waals surface area contributed by atoms with E-state index in [2.05, 4.69) is 10.00 Å². The number of nitrogens with zero attached hydrogens (tertiary/aromatic N) is 3. The average molecular weight is 347 g/mol. The number of aliphatic hydroxyl groups is 1. The minimum atomic E-state index is -0.579. The molecule has 2 atom stereocenters. The molecule has 1 aromatic heterocycles. The van der Waals surface area contributed by atoms with Gasteiger partial charge in [-0.15, -0.1) is 0 Å². The largest absolute Gasteiger partial charge is 0.389 e. The third-order valence-electron chi connectivity index (χ3n) is 4.68. The summed E-state index contributed by atoms with van der Waals surface area (Å²) in [6.45, 7) is 2.79. The van der Waals surface area contributed by atoms with Crippen molar-refractivity contribution in [2.24, 2.45) is 0 Å². The molecular formula is C19H26FN3O2. The van der Waals surface area contributed by atoms with Crippen LogP contribution in [0.25, 0.3) is 0 Å². The third kappa shape index (κ3) is 5.36. The summed E-state index contributed by atoms with van der Waals surface area (Å²) in [5.74, 6) is -0.271. The van der Waals surface area contributed by atoms with Gasteiger partial charge in [-0.3, -0.25) is 9.58 Å². The van der Waals surface area contributed by atoms with E-state index in [1.165, 1.54) is 12.5 Å². The molecule has 0 spiro atoms. The first-order valence-electron chi connectivity index (χ1n) is 8.93. The van der Waals surface area contributed by atoms with Gasteiger partial charge in [0.25, 0.3) is 0 Å². The second kappa shape index (κ2) is 9.08. The fourth-order valence-corrected chi connectivity index (χ4v) is 3.38. The Morgan fingerprint density at radius 2 is 2.16 bits per heavy atom. The van der Waals surface area contributed by atoms with Crippen molar-refractivity contribution in [2.45, 2.75) is 44.6 Å². The van der Waals surface area contributed by atoms with Crippen molar-refractivity contribution in [3.8, 4) is 0 Å². The van der Waals surface area contributed by atoms with Crippen LogP contribution < -0.4 is 0 Å². The van der Waals surface area contributed by atoms with Crippen LogP contribution in [-0.2, 0) is 17.9 Å². The molecule has 1 aliphatic heterocycles. The van der Waals surface area contributed by atoms with Crippen molar-refractivity contribution >= 4 is 0 Å². The second-order valence-corrected chi connectivity index (χ2v) is 6.63. The maximum absolute atomic E-state index is 13.6. The first-order chi connectivity index (χ1) is 12.2. The number of piperidine rings is 1. The van der Waals surface area contributed by atoms with Crippen LogP contribution in [0.1, 0.15) is 24.8 Å². The van der Waals surface area contributed by atoms with Crippen molar-refractivity contribution in [2.75, 3.05) is 19.7 Å². The number of β-amino-alcohol motifs (C(OH)–C–C–N with tert-alkyl or cyclic N) is 1. The molecule has 0 bridgehead atoms. The van der Waals surface area contributed by atoms with E-state index in [0.717, 1.165) is 25.9 Å². The molecule has 0 unspecified atom stereocenters. The van der Waals surface area contributed by atoms with Gasteiger partial charge in [0.15, 0.2) is 0 Å². The molecule has 1 aromatic carbocycles. The lowest BCUT2D eigenvalue weighted by Gasteiger charge is -2.36. The maximum atomic E-state index is 13.6. The molecule has 0 aliphatic carbocycles. The van der Waals surface area contributed by atoms with Gasteiger partial charge >= 0.3 is 0 Å². The monoisotopic (exact) mass is 347 g/mol. The molecule has 5 nitrogen and oxygen atoms in total. The van der Waals surface area contributed by atoms with Crippen molar-refractivity contribution in [3.63, 3.8) is 0 Å². The number of rotatable bonds is 8. The number of aromatic nitrogens is 2. The predicted octanol–water partition coefficient (Wildman–Crippen LogP) is 2.45. The van der Waals surface area contributed by atoms with Gasteiger partial charge in [0.2, 0.25) is 0 Å². The molecule has 3 rings (SSSR count). The van der Waals surface area contributed by atoms with Crippen LogP contribution in [0.2, 0.25) is 0 Å². The summed E-state index contributed by atoms with van der Waals surface area (Å²) in [5.41, 5.74) is 0.518. The minimum absolute atomic E-state index is 0.181. The van der Waals surface area contributed by atoms with Crippen LogP contribution in [0, 0.1) is 5.82 Å². The molecule has 1 aliphatic rings. The highest BCUT2D eigenvalue weighted by Gasteiger charge is 2.24. The summed E-state index contributed by atoms with van der Waals surface area (Å²) in [6.07, 6.45) is 6.66. The van der Waals surface area contributed by atoms with Crippen LogP contribution in [-0.4, -0.2) is 51.6 Å². The predicted molar refractivity (Wildman–Crippen MR) is 93.5 cm³/mol. The van der Waals surface area contributed by atoms with Crippen LogP contribution in [0.4, 0.5) is 4.39 Å². The van der Waals surface area contributed by atoms with Crippen LogP contribution >= 0.6 is 0 Å². The molecule has 0 amide bonds. The Bertz CT molecular complexity index is 635. The average Bonchev–Trinajstić information content (AvgIpc) is 3.11. The van der Waals surface area contributed by atoms with Crippen LogP contribution in [0.5, 0.6) is 0 Å². The minimum Gasteiger partial charge on any atom is -0.389 e. The normalized spacial score (nSPS) is 19.8. The van der Waals surface area contributed by atoms with E-state index in [1.807, 2.05) is 16.9 Å². The Hall–Kier alpha value is -1.76. The Morgan fingerprint density at radius 3 is 2.96 bits per heavy atom. The SMILES string of the molecule is O[C@@H](COCc1ccccc1F)CN1CCCC[C@@H]1Cn1cccn1. The molecular weight excluding hydrogens is 321 g/mol. The Kier molecular flexibility index (Phi) is 6.55. The van der Waals surface area contributed by atoms with E-state index in [4.69, 9.17) is 4.74 Å². The molecule has 1 N–H and O–H groups in total. The molecule has 1 fully saturated rings. The molecule has 1 saturated heterocycles. The van der Waals surface area contributed by atoms with Crippen molar-refractivity contribution < 1.29 is 14.2 Å². The lowest BCUT2D eigenvalue weighted by atomic mass is 10.0. The van der Waals surface area contributed by atoms with Crippen molar-refractivity contribution in [1.82, 2.24) is 14.7 Å². The van der Waals surface area contributed by atoms with E-state index in [0.29, 0.717) is 18.2 Å². The van der Waals surface area contributed by atoms with Gasteiger partial charge in [0, 0.05) is 30.5 Å². The van der Waals surface area contributed by atoms with Gasteiger partial charge in [-0.05, 0) is 31.5 Å². The first kappa shape index (κ1) is 18.0. The maximum Gasteiger partial charge on any atom is 0.128 e. The number of aliphatic hydroxyl groups excluding tert-OH is 1. The molecule has 2 aromatic rings. The lowest BCUT2D eigenvalue weighted by molar-refractivity contribution is -0.00626. The summed E-state index contributed by atoms with van der Waals surface area (Å²) >= 11 is 0. The van der Waals surface area contributed by atoms with Gasteiger partial charge in [-0.2, -0.15) is 5.10 Å². The Labute approximate surface area is 148 Å². The first-order valence-corrected chi connectivity index (χ1v) is 8.93. The van der Waals surface area contributed by atoms with Crippen LogP contribution in [0.3, 0.4) is 0 Å². The quantitative estimate of drug-likeness (QED) is 0.797. The number of benzene rings is 1. The van der Waals surface area contributed by atoms with Gasteiger partial charge in [0.05, 0.1) is 25.9 Å². The highest BCUT2D eigenvalue weighted by atomic mass is 19.1. The van der Waals surface area contributed by atoms with Crippen molar-refractivity contribution in [1.29, 1.82) is 0 Å². The third-order valence-corrected chi connectivity index (χ3v) is 4.68. The van der Waals surface area contributed by atoms with Gasteiger partial charge in [-0.25, -0.2) is 4.39 Å². The van der Waals surface area contributed by atoms with E-state index in [-0.39, 0.29) is 19.0 Å². The summed E-state index contributed by atoms with van der Waals surface area (Å²) in [6, 6.07) is 8.87. The fourth-order valence-electron chi connectivity index (χ4n) is 3.38. The molecule has 0 saturated carbocycles. The number of hydrogen-bond acceptors (Lipinski definition) is 4. The van der Waals surface area contributed by atoms with E-state index in [9.17, 15) is 9.50 Å². The number of ether oxygens (including phenoxy) is 1. The zero-order valence-electron chi connectivity index (χ0n) is 14.4. The lowest BCUT2D eigenvalue weighted by Crippen LogP contribution is -2.46.